The van der Waals surface area contributed by atoms with Crippen molar-refractivity contribution in [2.45, 2.75) is 18.9 Å². The molecular formula is C25H26N4O5. The number of hydrogen-bond donors (Lipinski definition) is 2. The van der Waals surface area contributed by atoms with E-state index >= 15 is 0 Å². The van der Waals surface area contributed by atoms with Crippen molar-refractivity contribution in [3.05, 3.63) is 77.1 Å². The van der Waals surface area contributed by atoms with Gasteiger partial charge in [0.2, 0.25) is 0 Å². The first-order valence-corrected chi connectivity index (χ1v) is 10.9. The molecule has 1 aromatic heterocycles. The molecule has 4 rings (SSSR count). The van der Waals surface area contributed by atoms with E-state index < -0.39 is 12.1 Å². The molecule has 0 unspecified atom stereocenters. The smallest absolute Gasteiger partial charge is 0.407 e. The van der Waals surface area contributed by atoms with Crippen LogP contribution in [0.1, 0.15) is 39.6 Å². The summed E-state index contributed by atoms with van der Waals surface area (Å²) in [5.74, 6) is -1.35. The van der Waals surface area contributed by atoms with E-state index in [1.54, 1.807) is 13.1 Å². The molecule has 3 aromatic rings. The van der Waals surface area contributed by atoms with Crippen molar-refractivity contribution in [1.82, 2.24) is 20.0 Å². The Labute approximate surface area is 196 Å². The van der Waals surface area contributed by atoms with E-state index in [-0.39, 0.29) is 37.9 Å². The average molecular weight is 463 g/mol. The maximum atomic E-state index is 12.5. The lowest BCUT2D eigenvalue weighted by Gasteiger charge is -2.15. The normalized spacial score (nSPS) is 12.1. The highest BCUT2D eigenvalue weighted by Crippen LogP contribution is 2.44. The van der Waals surface area contributed by atoms with E-state index in [4.69, 9.17) is 9.84 Å². The van der Waals surface area contributed by atoms with Crippen LogP contribution in [0.2, 0.25) is 0 Å². The van der Waals surface area contributed by atoms with E-state index in [9.17, 15) is 14.4 Å². The summed E-state index contributed by atoms with van der Waals surface area (Å²) >= 11 is 0. The zero-order chi connectivity index (χ0) is 24.2. The number of rotatable bonds is 8. The van der Waals surface area contributed by atoms with Crippen molar-refractivity contribution in [3.8, 4) is 11.1 Å². The minimum Gasteiger partial charge on any atom is -0.481 e. The molecule has 34 heavy (non-hydrogen) atoms. The second-order valence-electron chi connectivity index (χ2n) is 8.19. The summed E-state index contributed by atoms with van der Waals surface area (Å²) in [6.45, 7) is 0.392. The van der Waals surface area contributed by atoms with E-state index in [0.717, 1.165) is 22.3 Å². The quantitative estimate of drug-likeness (QED) is 0.532. The molecule has 0 radical (unpaired) electrons. The molecule has 1 aliphatic rings. The van der Waals surface area contributed by atoms with Gasteiger partial charge in [-0.2, -0.15) is 5.10 Å². The molecule has 0 saturated heterocycles. The number of aliphatic carboxylic acids is 1. The second kappa shape index (κ2) is 9.78. The summed E-state index contributed by atoms with van der Waals surface area (Å²) in [5.41, 5.74) is 5.38. The van der Waals surface area contributed by atoms with Crippen LogP contribution in [0.15, 0.2) is 54.6 Å². The van der Waals surface area contributed by atoms with Crippen molar-refractivity contribution in [2.75, 3.05) is 20.2 Å². The summed E-state index contributed by atoms with van der Waals surface area (Å²) in [7, 11) is 3.15. The van der Waals surface area contributed by atoms with Gasteiger partial charge in [-0.25, -0.2) is 4.79 Å². The summed E-state index contributed by atoms with van der Waals surface area (Å²) in [6, 6.07) is 17.8. The number of carbonyl (C=O) groups is 3. The van der Waals surface area contributed by atoms with Gasteiger partial charge in [-0.1, -0.05) is 48.5 Å². The second-order valence-corrected chi connectivity index (χ2v) is 8.19. The predicted molar refractivity (Wildman–Crippen MR) is 124 cm³/mol. The van der Waals surface area contributed by atoms with Gasteiger partial charge in [-0.3, -0.25) is 14.3 Å². The van der Waals surface area contributed by atoms with Gasteiger partial charge in [-0.15, -0.1) is 0 Å². The molecule has 9 nitrogen and oxygen atoms in total. The molecular weight excluding hydrogens is 436 g/mol. The Morgan fingerprint density at radius 3 is 2.32 bits per heavy atom. The van der Waals surface area contributed by atoms with Crippen LogP contribution in [0.4, 0.5) is 4.79 Å². The molecule has 0 atom stereocenters. The summed E-state index contributed by atoms with van der Waals surface area (Å²) in [6.07, 6.45) is -0.713. The number of alkyl carbamates (subject to hydrolysis) is 1. The lowest BCUT2D eigenvalue weighted by molar-refractivity contribution is -0.137. The molecule has 9 heteroatoms. The number of nitrogens with zero attached hydrogens (tertiary/aromatic N) is 3. The minimum absolute atomic E-state index is 0.0291. The SMILES string of the molecule is CN(CCC(=O)O)C(=O)c1cc(CNC(=O)OCC2c3ccccc3-c3ccccc32)nn1C. The Morgan fingerprint density at radius 1 is 1.09 bits per heavy atom. The van der Waals surface area contributed by atoms with Crippen LogP contribution < -0.4 is 5.32 Å². The fourth-order valence-corrected chi connectivity index (χ4v) is 4.19. The Hall–Kier alpha value is -4.14. The number of fused-ring (bicyclic) bond motifs is 3. The molecule has 1 aliphatic carbocycles. The van der Waals surface area contributed by atoms with Gasteiger partial charge in [0.15, 0.2) is 0 Å². The summed E-state index contributed by atoms with van der Waals surface area (Å²) in [4.78, 5) is 37.0. The third kappa shape index (κ3) is 4.78. The zero-order valence-corrected chi connectivity index (χ0v) is 19.0. The predicted octanol–water partition coefficient (Wildman–Crippen LogP) is 3.01. The van der Waals surface area contributed by atoms with Crippen LogP contribution in [0.25, 0.3) is 11.1 Å². The van der Waals surface area contributed by atoms with Gasteiger partial charge in [-0.05, 0) is 28.3 Å². The molecule has 0 saturated carbocycles. The zero-order valence-electron chi connectivity index (χ0n) is 19.0. The number of nitrogens with one attached hydrogen (secondary N) is 1. The monoisotopic (exact) mass is 462 g/mol. The number of aromatic nitrogens is 2. The van der Waals surface area contributed by atoms with Crippen LogP contribution in [0.3, 0.4) is 0 Å². The fourth-order valence-electron chi connectivity index (χ4n) is 4.19. The van der Waals surface area contributed by atoms with Crippen LogP contribution in [0, 0.1) is 0 Å². The Kier molecular flexibility index (Phi) is 6.62. The first-order chi connectivity index (χ1) is 16.3. The fraction of sp³-hybridized carbons (Fsp3) is 0.280. The number of carboxylic acids is 1. The number of benzene rings is 2. The van der Waals surface area contributed by atoms with E-state index in [1.165, 1.54) is 16.6 Å². The molecule has 176 valence electrons. The van der Waals surface area contributed by atoms with Crippen LogP contribution >= 0.6 is 0 Å². The van der Waals surface area contributed by atoms with Gasteiger partial charge in [0, 0.05) is 26.6 Å². The first-order valence-electron chi connectivity index (χ1n) is 10.9. The summed E-state index contributed by atoms with van der Waals surface area (Å²) in [5, 5.41) is 15.7. The van der Waals surface area contributed by atoms with Gasteiger partial charge in [0.05, 0.1) is 18.7 Å². The Morgan fingerprint density at radius 2 is 1.71 bits per heavy atom. The molecule has 1 heterocycles. The van der Waals surface area contributed by atoms with Crippen molar-refractivity contribution >= 4 is 18.0 Å². The van der Waals surface area contributed by atoms with Gasteiger partial charge in [0.1, 0.15) is 12.3 Å². The third-order valence-electron chi connectivity index (χ3n) is 5.91. The number of hydrogen-bond acceptors (Lipinski definition) is 5. The number of aryl methyl sites for hydroxylation is 1. The topological polar surface area (TPSA) is 114 Å². The average Bonchev–Trinajstić information content (AvgIpc) is 3.37. The molecule has 2 amide bonds. The summed E-state index contributed by atoms with van der Waals surface area (Å²) < 4.78 is 6.93. The van der Waals surface area contributed by atoms with Gasteiger partial charge >= 0.3 is 12.1 Å². The number of ether oxygens (including phenoxy) is 1. The number of carboxylic acid groups (broad SMARTS) is 1. The molecule has 0 bridgehead atoms. The first kappa shape index (κ1) is 23.0. The van der Waals surface area contributed by atoms with Crippen molar-refractivity contribution in [1.29, 1.82) is 0 Å². The Bertz CT molecular complexity index is 1190. The highest BCUT2D eigenvalue weighted by molar-refractivity contribution is 5.92. The molecule has 2 aromatic carbocycles. The maximum absolute atomic E-state index is 12.5. The Balaban J connectivity index is 1.33. The molecule has 0 fully saturated rings. The van der Waals surface area contributed by atoms with Crippen molar-refractivity contribution in [3.63, 3.8) is 0 Å². The van der Waals surface area contributed by atoms with Crippen molar-refractivity contribution < 1.29 is 24.2 Å². The third-order valence-corrected chi connectivity index (χ3v) is 5.91. The van der Waals surface area contributed by atoms with Crippen LogP contribution in [0.5, 0.6) is 0 Å². The maximum Gasteiger partial charge on any atom is 0.407 e. The molecule has 0 aliphatic heterocycles. The minimum atomic E-state index is -0.974. The van der Waals surface area contributed by atoms with Gasteiger partial charge in [0.25, 0.3) is 5.91 Å². The molecule has 2 N–H and O–H groups in total. The van der Waals surface area contributed by atoms with E-state index in [2.05, 4.69) is 34.7 Å². The standard InChI is InChI=1S/C25H26N4O5/c1-28(12-11-23(30)31)24(32)22-13-16(27-29(22)2)14-26-25(33)34-15-21-19-9-5-3-7-17(19)18-8-4-6-10-20(18)21/h3-10,13,21H,11-12,14-15H2,1-2H3,(H,26,33)(H,30,31). The highest BCUT2D eigenvalue weighted by atomic mass is 16.5. The van der Waals surface area contributed by atoms with E-state index in [0.29, 0.717) is 11.4 Å². The van der Waals surface area contributed by atoms with Crippen molar-refractivity contribution in [2.24, 2.45) is 7.05 Å². The number of amides is 2. The lowest BCUT2D eigenvalue weighted by atomic mass is 9.98. The number of carbonyl (C=O) groups excluding carboxylic acids is 2. The van der Waals surface area contributed by atoms with Crippen LogP contribution in [-0.4, -0.2) is 58.0 Å². The highest BCUT2D eigenvalue weighted by Gasteiger charge is 2.29. The largest absolute Gasteiger partial charge is 0.481 e. The van der Waals surface area contributed by atoms with Gasteiger partial charge < -0.3 is 20.1 Å². The lowest BCUT2D eigenvalue weighted by Crippen LogP contribution is -2.30. The van der Waals surface area contributed by atoms with Crippen LogP contribution in [-0.2, 0) is 23.1 Å². The molecule has 0 spiro atoms. The van der Waals surface area contributed by atoms with E-state index in [1.807, 2.05) is 24.3 Å².